The van der Waals surface area contributed by atoms with Gasteiger partial charge in [-0.15, -0.1) is 0 Å². The molecule has 0 saturated heterocycles. The molecule has 0 radical (unpaired) electrons. The Morgan fingerprint density at radius 3 is 2.62 bits per heavy atom. The Balaban J connectivity index is 2.68. The first-order valence-corrected chi connectivity index (χ1v) is 5.06. The van der Waals surface area contributed by atoms with Crippen LogP contribution in [0.25, 0.3) is 0 Å². The fraction of sp³-hybridized carbons (Fsp3) is 0.333. The van der Waals surface area contributed by atoms with Crippen molar-refractivity contribution in [3.63, 3.8) is 0 Å². The summed E-state index contributed by atoms with van der Waals surface area (Å²) in [5, 5.41) is 3.10. The average Bonchev–Trinajstić information content (AvgIpc) is 2.26. The van der Waals surface area contributed by atoms with Gasteiger partial charge in [0.1, 0.15) is 5.82 Å². The Hall–Kier alpha value is -1.84. The Labute approximate surface area is 96.0 Å². The van der Waals surface area contributed by atoms with E-state index in [1.807, 2.05) is 6.92 Å². The molecule has 0 aliphatic carbocycles. The number of carbonyl (C=O) groups is 1. The number of carbonyl (C=O) groups excluding carboxylic acids is 1. The molecular weight excluding hydrogens is 202 g/mol. The summed E-state index contributed by atoms with van der Waals surface area (Å²) in [5.74, 6) is 0.706. The third-order valence-corrected chi connectivity index (χ3v) is 1.99. The summed E-state index contributed by atoms with van der Waals surface area (Å²) >= 11 is 0. The molecule has 4 nitrogen and oxygen atoms in total. The van der Waals surface area contributed by atoms with E-state index in [-0.39, 0.29) is 5.91 Å². The van der Waals surface area contributed by atoms with Crippen LogP contribution in [0.15, 0.2) is 30.5 Å². The molecule has 1 aromatic rings. The number of anilines is 1. The molecule has 0 bridgehead atoms. The maximum atomic E-state index is 11.6. The molecule has 1 rings (SSSR count). The zero-order chi connectivity index (χ0) is 12.1. The van der Waals surface area contributed by atoms with Gasteiger partial charge in [0.2, 0.25) is 0 Å². The van der Waals surface area contributed by atoms with E-state index >= 15 is 0 Å². The second-order valence-electron chi connectivity index (χ2n) is 3.94. The smallest absolute Gasteiger partial charge is 0.254 e. The van der Waals surface area contributed by atoms with Crippen LogP contribution in [0, 0.1) is 0 Å². The SMILES string of the molecule is C=C(C)CNc1ccc(C(=O)N(C)C)cn1. The van der Waals surface area contributed by atoms with Crippen LogP contribution in [0.2, 0.25) is 0 Å². The van der Waals surface area contributed by atoms with Crippen LogP contribution in [0.4, 0.5) is 5.82 Å². The van der Waals surface area contributed by atoms with Gasteiger partial charge in [-0.25, -0.2) is 4.98 Å². The number of aromatic nitrogens is 1. The van der Waals surface area contributed by atoms with Crippen LogP contribution in [0.5, 0.6) is 0 Å². The van der Waals surface area contributed by atoms with Crippen molar-refractivity contribution in [1.82, 2.24) is 9.88 Å². The second-order valence-corrected chi connectivity index (χ2v) is 3.94. The molecule has 1 heterocycles. The van der Waals surface area contributed by atoms with Crippen LogP contribution in [0.3, 0.4) is 0 Å². The zero-order valence-corrected chi connectivity index (χ0v) is 9.95. The van der Waals surface area contributed by atoms with Gasteiger partial charge in [0.15, 0.2) is 0 Å². The molecule has 0 aromatic carbocycles. The molecule has 86 valence electrons. The molecule has 16 heavy (non-hydrogen) atoms. The van der Waals surface area contributed by atoms with Crippen LogP contribution < -0.4 is 5.32 Å². The minimum absolute atomic E-state index is 0.0426. The monoisotopic (exact) mass is 219 g/mol. The zero-order valence-electron chi connectivity index (χ0n) is 9.95. The maximum absolute atomic E-state index is 11.6. The van der Waals surface area contributed by atoms with Crippen LogP contribution >= 0.6 is 0 Å². The average molecular weight is 219 g/mol. The van der Waals surface area contributed by atoms with Crippen molar-refractivity contribution in [3.8, 4) is 0 Å². The van der Waals surface area contributed by atoms with Gasteiger partial charge in [-0.2, -0.15) is 0 Å². The van der Waals surface area contributed by atoms with Gasteiger partial charge in [-0.1, -0.05) is 12.2 Å². The Kier molecular flexibility index (Phi) is 4.05. The summed E-state index contributed by atoms with van der Waals surface area (Å²) in [7, 11) is 3.44. The Morgan fingerprint density at radius 1 is 1.50 bits per heavy atom. The molecule has 0 saturated carbocycles. The molecule has 1 N–H and O–H groups in total. The Bertz CT molecular complexity index is 382. The highest BCUT2D eigenvalue weighted by Crippen LogP contribution is 2.07. The fourth-order valence-corrected chi connectivity index (χ4v) is 1.12. The molecule has 0 spiro atoms. The van der Waals surface area contributed by atoms with Gasteiger partial charge in [0, 0.05) is 26.8 Å². The van der Waals surface area contributed by atoms with E-state index in [1.54, 1.807) is 32.4 Å². The van der Waals surface area contributed by atoms with Gasteiger partial charge in [-0.3, -0.25) is 4.79 Å². The lowest BCUT2D eigenvalue weighted by atomic mass is 10.2. The van der Waals surface area contributed by atoms with E-state index in [9.17, 15) is 4.79 Å². The Morgan fingerprint density at radius 2 is 2.19 bits per heavy atom. The van der Waals surface area contributed by atoms with Crippen LogP contribution in [-0.2, 0) is 0 Å². The van der Waals surface area contributed by atoms with Crippen molar-refractivity contribution in [2.45, 2.75) is 6.92 Å². The number of nitrogens with zero attached hydrogens (tertiary/aromatic N) is 2. The van der Waals surface area contributed by atoms with E-state index < -0.39 is 0 Å². The molecule has 1 amide bonds. The van der Waals surface area contributed by atoms with Gasteiger partial charge in [-0.05, 0) is 19.1 Å². The first-order chi connectivity index (χ1) is 7.50. The molecular formula is C12H17N3O. The molecule has 0 fully saturated rings. The van der Waals surface area contributed by atoms with Crippen molar-refractivity contribution in [3.05, 3.63) is 36.0 Å². The largest absolute Gasteiger partial charge is 0.366 e. The third kappa shape index (κ3) is 3.38. The molecule has 0 unspecified atom stereocenters. The third-order valence-electron chi connectivity index (χ3n) is 1.99. The molecule has 0 aliphatic rings. The number of hydrogen-bond acceptors (Lipinski definition) is 3. The van der Waals surface area contributed by atoms with E-state index in [0.717, 1.165) is 11.4 Å². The highest BCUT2D eigenvalue weighted by atomic mass is 16.2. The first-order valence-electron chi connectivity index (χ1n) is 5.06. The quantitative estimate of drug-likeness (QED) is 0.785. The predicted molar refractivity (Wildman–Crippen MR) is 65.6 cm³/mol. The van der Waals surface area contributed by atoms with Crippen molar-refractivity contribution < 1.29 is 4.79 Å². The first kappa shape index (κ1) is 12.2. The standard InChI is InChI=1S/C12H17N3O/c1-9(2)7-13-11-6-5-10(8-14-11)12(16)15(3)4/h5-6,8H,1,7H2,2-4H3,(H,13,14). The lowest BCUT2D eigenvalue weighted by Crippen LogP contribution is -2.21. The maximum Gasteiger partial charge on any atom is 0.254 e. The topological polar surface area (TPSA) is 45.2 Å². The van der Waals surface area contributed by atoms with Gasteiger partial charge in [0.05, 0.1) is 5.56 Å². The predicted octanol–water partition coefficient (Wildman–Crippen LogP) is 1.77. The number of rotatable bonds is 4. The fourth-order valence-electron chi connectivity index (χ4n) is 1.12. The van der Waals surface area contributed by atoms with Crippen molar-refractivity contribution in [2.75, 3.05) is 26.0 Å². The molecule has 4 heteroatoms. The number of hydrogen-bond donors (Lipinski definition) is 1. The van der Waals surface area contributed by atoms with Crippen LogP contribution in [-0.4, -0.2) is 36.4 Å². The normalized spacial score (nSPS) is 9.69. The van der Waals surface area contributed by atoms with Crippen molar-refractivity contribution in [1.29, 1.82) is 0 Å². The minimum atomic E-state index is -0.0426. The highest BCUT2D eigenvalue weighted by molar-refractivity contribution is 5.93. The number of amides is 1. The molecule has 0 aliphatic heterocycles. The second kappa shape index (κ2) is 5.30. The summed E-state index contributed by atoms with van der Waals surface area (Å²) in [6, 6.07) is 3.55. The van der Waals surface area contributed by atoms with E-state index in [2.05, 4.69) is 16.9 Å². The molecule has 0 atom stereocenters. The van der Waals surface area contributed by atoms with E-state index in [0.29, 0.717) is 12.1 Å². The van der Waals surface area contributed by atoms with E-state index in [1.165, 1.54) is 4.90 Å². The van der Waals surface area contributed by atoms with E-state index in [4.69, 9.17) is 0 Å². The van der Waals surface area contributed by atoms with Gasteiger partial charge >= 0.3 is 0 Å². The van der Waals surface area contributed by atoms with Gasteiger partial charge in [0.25, 0.3) is 5.91 Å². The summed E-state index contributed by atoms with van der Waals surface area (Å²) in [4.78, 5) is 17.3. The minimum Gasteiger partial charge on any atom is -0.366 e. The number of pyridine rings is 1. The van der Waals surface area contributed by atoms with Crippen molar-refractivity contribution >= 4 is 11.7 Å². The summed E-state index contributed by atoms with van der Waals surface area (Å²) in [6.45, 7) is 6.42. The van der Waals surface area contributed by atoms with Gasteiger partial charge < -0.3 is 10.2 Å². The lowest BCUT2D eigenvalue weighted by molar-refractivity contribution is 0.0827. The summed E-state index contributed by atoms with van der Waals surface area (Å²) < 4.78 is 0. The molecule has 1 aromatic heterocycles. The lowest BCUT2D eigenvalue weighted by Gasteiger charge is -2.10. The highest BCUT2D eigenvalue weighted by Gasteiger charge is 2.07. The number of nitrogens with one attached hydrogen (secondary N) is 1. The van der Waals surface area contributed by atoms with Crippen molar-refractivity contribution in [2.24, 2.45) is 0 Å². The summed E-state index contributed by atoms with van der Waals surface area (Å²) in [5.41, 5.74) is 1.63. The van der Waals surface area contributed by atoms with Crippen LogP contribution in [0.1, 0.15) is 17.3 Å². The summed E-state index contributed by atoms with van der Waals surface area (Å²) in [6.07, 6.45) is 1.57.